The predicted octanol–water partition coefficient (Wildman–Crippen LogP) is 2.40. The van der Waals surface area contributed by atoms with Crippen molar-refractivity contribution < 1.29 is 19.5 Å². The van der Waals surface area contributed by atoms with Crippen LogP contribution in [-0.4, -0.2) is 30.5 Å². The Morgan fingerprint density at radius 1 is 1.00 bits per heavy atom. The number of benzene rings is 3. The van der Waals surface area contributed by atoms with Gasteiger partial charge >= 0.3 is 7.12 Å². The number of rotatable bonds is 8. The van der Waals surface area contributed by atoms with Crippen LogP contribution in [0, 0.1) is 0 Å². The van der Waals surface area contributed by atoms with Crippen molar-refractivity contribution in [2.45, 2.75) is 6.61 Å². The van der Waals surface area contributed by atoms with Crippen LogP contribution in [0.15, 0.2) is 77.9 Å². The Morgan fingerprint density at radius 2 is 1.68 bits per heavy atom. The van der Waals surface area contributed by atoms with Gasteiger partial charge in [0.05, 0.1) is 19.0 Å². The molecule has 0 saturated heterocycles. The lowest BCUT2D eigenvalue weighted by atomic mass is 9.78. The third kappa shape index (κ3) is 5.13. The molecule has 28 heavy (non-hydrogen) atoms. The zero-order valence-corrected chi connectivity index (χ0v) is 15.4. The second kappa shape index (κ2) is 9.59. The summed E-state index contributed by atoms with van der Waals surface area (Å²) in [6, 6.07) is 22.4. The highest BCUT2D eigenvalue weighted by Crippen LogP contribution is 2.27. The van der Waals surface area contributed by atoms with Crippen LogP contribution in [0.4, 0.5) is 5.69 Å². The summed E-state index contributed by atoms with van der Waals surface area (Å²) in [6.07, 6.45) is 1.57. The summed E-state index contributed by atoms with van der Waals surface area (Å²) in [5.41, 5.74) is 5.56. The first-order valence-corrected chi connectivity index (χ1v) is 8.76. The van der Waals surface area contributed by atoms with Crippen LogP contribution < -0.4 is 20.4 Å². The maximum absolute atomic E-state index is 9.81. The molecule has 3 rings (SSSR count). The maximum Gasteiger partial charge on any atom is 0.492 e. The van der Waals surface area contributed by atoms with E-state index in [2.05, 4.69) is 10.5 Å². The van der Waals surface area contributed by atoms with Gasteiger partial charge in [-0.1, -0.05) is 48.5 Å². The van der Waals surface area contributed by atoms with E-state index in [9.17, 15) is 10.0 Å². The van der Waals surface area contributed by atoms with E-state index in [1.54, 1.807) is 18.3 Å². The van der Waals surface area contributed by atoms with E-state index in [1.807, 2.05) is 60.7 Å². The van der Waals surface area contributed by atoms with Crippen molar-refractivity contribution in [1.29, 1.82) is 0 Å². The quantitative estimate of drug-likeness (QED) is 0.320. The lowest BCUT2D eigenvalue weighted by Crippen LogP contribution is -2.32. The topological polar surface area (TPSA) is 83.3 Å². The lowest BCUT2D eigenvalue weighted by molar-refractivity contribution is 0.285. The van der Waals surface area contributed by atoms with Gasteiger partial charge < -0.3 is 19.5 Å². The second-order valence-electron chi connectivity index (χ2n) is 6.03. The predicted molar refractivity (Wildman–Crippen MR) is 111 cm³/mol. The average Bonchev–Trinajstić information content (AvgIpc) is 2.73. The van der Waals surface area contributed by atoms with Crippen molar-refractivity contribution in [3.63, 3.8) is 0 Å². The fourth-order valence-electron chi connectivity index (χ4n) is 2.64. The molecule has 3 N–H and O–H groups in total. The molecule has 0 aromatic heterocycles. The number of hydrogen-bond donors (Lipinski definition) is 3. The standard InChI is InChI=1S/C21H21BN2O4/c1-27-20-13-17(14-23-24-18-10-6-3-7-11-18)12-19(22(25)26)21(20)28-15-16-8-4-2-5-9-16/h2-14,24-26H,15H2,1H3. The van der Waals surface area contributed by atoms with Gasteiger partial charge in [-0.05, 0) is 35.4 Å². The second-order valence-corrected chi connectivity index (χ2v) is 6.03. The Kier molecular flexibility index (Phi) is 6.67. The third-order valence-electron chi connectivity index (χ3n) is 4.01. The lowest BCUT2D eigenvalue weighted by Gasteiger charge is -2.16. The van der Waals surface area contributed by atoms with Gasteiger partial charge in [-0.2, -0.15) is 5.10 Å². The highest BCUT2D eigenvalue weighted by molar-refractivity contribution is 6.60. The zero-order chi connectivity index (χ0) is 19.8. The Balaban J connectivity index is 1.82. The van der Waals surface area contributed by atoms with Crippen LogP contribution in [-0.2, 0) is 6.61 Å². The smallest absolute Gasteiger partial charge is 0.492 e. The van der Waals surface area contributed by atoms with E-state index in [-0.39, 0.29) is 17.8 Å². The molecule has 0 aliphatic rings. The van der Waals surface area contributed by atoms with Crippen molar-refractivity contribution in [2.75, 3.05) is 12.5 Å². The van der Waals surface area contributed by atoms with Gasteiger partial charge in [-0.15, -0.1) is 0 Å². The van der Waals surface area contributed by atoms with Crippen LogP contribution in [0.5, 0.6) is 11.5 Å². The van der Waals surface area contributed by atoms with E-state index >= 15 is 0 Å². The molecule has 0 aliphatic heterocycles. The Labute approximate surface area is 164 Å². The molecular formula is C21H21BN2O4. The minimum absolute atomic E-state index is 0.205. The average molecular weight is 376 g/mol. The van der Waals surface area contributed by atoms with Gasteiger partial charge in [-0.25, -0.2) is 0 Å². The summed E-state index contributed by atoms with van der Waals surface area (Å²) in [4.78, 5) is 0. The fraction of sp³-hybridized carbons (Fsp3) is 0.0952. The van der Waals surface area contributed by atoms with Crippen LogP contribution >= 0.6 is 0 Å². The SMILES string of the molecule is COc1cc(C=NNc2ccccc2)cc(B(O)O)c1OCc1ccccc1. The highest BCUT2D eigenvalue weighted by Gasteiger charge is 2.22. The Morgan fingerprint density at radius 3 is 2.32 bits per heavy atom. The molecular weight excluding hydrogens is 355 g/mol. The molecule has 3 aromatic carbocycles. The van der Waals surface area contributed by atoms with E-state index in [1.165, 1.54) is 7.11 Å². The number of nitrogens with zero attached hydrogens (tertiary/aromatic N) is 1. The van der Waals surface area contributed by atoms with E-state index in [0.29, 0.717) is 11.3 Å². The Hall–Kier alpha value is -3.29. The summed E-state index contributed by atoms with van der Waals surface area (Å²) >= 11 is 0. The van der Waals surface area contributed by atoms with Crippen molar-refractivity contribution in [2.24, 2.45) is 5.10 Å². The fourth-order valence-corrected chi connectivity index (χ4v) is 2.64. The molecule has 0 aliphatic carbocycles. The minimum Gasteiger partial charge on any atom is -0.493 e. The van der Waals surface area contributed by atoms with Crippen molar-refractivity contribution >= 4 is 24.5 Å². The molecule has 0 amide bonds. The summed E-state index contributed by atoms with van der Waals surface area (Å²) in [5.74, 6) is 0.678. The molecule has 0 saturated carbocycles. The largest absolute Gasteiger partial charge is 0.493 e. The normalized spacial score (nSPS) is 10.7. The molecule has 0 spiro atoms. The van der Waals surface area contributed by atoms with Crippen LogP contribution in [0.1, 0.15) is 11.1 Å². The van der Waals surface area contributed by atoms with Crippen molar-refractivity contribution in [1.82, 2.24) is 0 Å². The number of para-hydroxylation sites is 1. The van der Waals surface area contributed by atoms with Crippen LogP contribution in [0.25, 0.3) is 0 Å². The van der Waals surface area contributed by atoms with E-state index in [0.717, 1.165) is 11.3 Å². The summed E-state index contributed by atoms with van der Waals surface area (Å²) in [5, 5.41) is 23.8. The van der Waals surface area contributed by atoms with E-state index < -0.39 is 7.12 Å². The van der Waals surface area contributed by atoms with Crippen LogP contribution in [0.2, 0.25) is 0 Å². The van der Waals surface area contributed by atoms with Crippen molar-refractivity contribution in [3.05, 3.63) is 83.9 Å². The molecule has 0 unspecified atom stereocenters. The van der Waals surface area contributed by atoms with Crippen LogP contribution in [0.3, 0.4) is 0 Å². The van der Waals surface area contributed by atoms with E-state index in [4.69, 9.17) is 9.47 Å². The summed E-state index contributed by atoms with van der Waals surface area (Å²) < 4.78 is 11.2. The molecule has 6 nitrogen and oxygen atoms in total. The maximum atomic E-state index is 9.81. The minimum atomic E-state index is -1.71. The summed E-state index contributed by atoms with van der Waals surface area (Å²) in [7, 11) is -0.211. The molecule has 3 aromatic rings. The number of ether oxygens (including phenoxy) is 2. The molecule has 0 bridgehead atoms. The van der Waals surface area contributed by atoms with Crippen molar-refractivity contribution in [3.8, 4) is 11.5 Å². The Bertz CT molecular complexity index is 918. The molecule has 0 fully saturated rings. The van der Waals surface area contributed by atoms with Gasteiger partial charge in [0, 0.05) is 5.46 Å². The molecule has 0 radical (unpaired) electrons. The van der Waals surface area contributed by atoms with Gasteiger partial charge in [0.15, 0.2) is 11.5 Å². The zero-order valence-electron chi connectivity index (χ0n) is 15.4. The molecule has 7 heteroatoms. The molecule has 0 atom stereocenters. The number of nitrogens with one attached hydrogen (secondary N) is 1. The molecule has 0 heterocycles. The van der Waals surface area contributed by atoms with Gasteiger partial charge in [0.1, 0.15) is 6.61 Å². The highest BCUT2D eigenvalue weighted by atomic mass is 16.5. The first-order valence-electron chi connectivity index (χ1n) is 8.76. The van der Waals surface area contributed by atoms with Gasteiger partial charge in [0.25, 0.3) is 0 Å². The third-order valence-corrected chi connectivity index (χ3v) is 4.01. The first-order chi connectivity index (χ1) is 13.7. The monoisotopic (exact) mass is 376 g/mol. The first kappa shape index (κ1) is 19.5. The number of hydrogen-bond acceptors (Lipinski definition) is 6. The number of anilines is 1. The summed E-state index contributed by atoms with van der Waals surface area (Å²) in [6.45, 7) is 0.278. The molecule has 142 valence electrons. The van der Waals surface area contributed by atoms with Gasteiger partial charge in [-0.3, -0.25) is 5.43 Å². The number of methoxy groups -OCH3 is 1. The van der Waals surface area contributed by atoms with Gasteiger partial charge in [0.2, 0.25) is 0 Å². The number of hydrazone groups is 1.